The predicted molar refractivity (Wildman–Crippen MR) is 173 cm³/mol. The van der Waals surface area contributed by atoms with Crippen molar-refractivity contribution < 1.29 is 18.7 Å². The van der Waals surface area contributed by atoms with Crippen molar-refractivity contribution in [2.75, 3.05) is 57.1 Å². The molecule has 0 bridgehead atoms. The van der Waals surface area contributed by atoms with Crippen LogP contribution >= 0.6 is 0 Å². The number of piperazine rings is 1. The summed E-state index contributed by atoms with van der Waals surface area (Å²) in [7, 11) is 1.65. The third-order valence-corrected chi connectivity index (χ3v) is 8.42. The van der Waals surface area contributed by atoms with E-state index < -0.39 is 5.54 Å². The summed E-state index contributed by atoms with van der Waals surface area (Å²) in [5, 5.41) is 9.89. The van der Waals surface area contributed by atoms with Gasteiger partial charge in [0.25, 0.3) is 5.91 Å². The van der Waals surface area contributed by atoms with Crippen molar-refractivity contribution in [1.82, 2.24) is 34.3 Å². The van der Waals surface area contributed by atoms with Gasteiger partial charge < -0.3 is 29.4 Å². The van der Waals surface area contributed by atoms with Crippen LogP contribution in [-0.4, -0.2) is 86.7 Å². The maximum absolute atomic E-state index is 14.6. The summed E-state index contributed by atoms with van der Waals surface area (Å²) in [6.45, 7) is 5.47. The van der Waals surface area contributed by atoms with E-state index in [0.29, 0.717) is 74.1 Å². The van der Waals surface area contributed by atoms with E-state index in [2.05, 4.69) is 20.0 Å². The van der Waals surface area contributed by atoms with Crippen molar-refractivity contribution in [1.29, 1.82) is 0 Å². The van der Waals surface area contributed by atoms with E-state index >= 15 is 0 Å². The number of aromatic nitrogens is 6. The highest BCUT2D eigenvalue weighted by Gasteiger charge is 2.42. The number of benzene rings is 2. The van der Waals surface area contributed by atoms with E-state index in [1.165, 1.54) is 4.52 Å². The molecular weight excluding hydrogens is 586 g/mol. The zero-order chi connectivity index (χ0) is 31.7. The molecule has 2 N–H and O–H groups in total. The Balaban J connectivity index is 1.18. The number of hydrogen-bond donors (Lipinski definition) is 1. The van der Waals surface area contributed by atoms with Crippen molar-refractivity contribution in [2.45, 2.75) is 18.9 Å². The summed E-state index contributed by atoms with van der Waals surface area (Å²) >= 11 is 0. The van der Waals surface area contributed by atoms with E-state index in [-0.39, 0.29) is 11.9 Å². The molecule has 1 aliphatic heterocycles. The van der Waals surface area contributed by atoms with E-state index in [1.54, 1.807) is 36.4 Å². The lowest BCUT2D eigenvalue weighted by Gasteiger charge is -2.40. The lowest BCUT2D eigenvalue weighted by molar-refractivity contribution is -0.140. The Morgan fingerprint density at radius 3 is 2.46 bits per heavy atom. The van der Waals surface area contributed by atoms with E-state index in [4.69, 9.17) is 24.7 Å². The molecule has 46 heavy (non-hydrogen) atoms. The molecule has 13 nitrogen and oxygen atoms in total. The summed E-state index contributed by atoms with van der Waals surface area (Å²) in [6, 6.07) is 21.5. The number of rotatable bonds is 10. The van der Waals surface area contributed by atoms with Gasteiger partial charge in [-0.2, -0.15) is 14.6 Å². The van der Waals surface area contributed by atoms with Crippen LogP contribution in [-0.2, 0) is 21.5 Å². The predicted octanol–water partition coefficient (Wildman–Crippen LogP) is 3.65. The van der Waals surface area contributed by atoms with Crippen LogP contribution in [0.15, 0.2) is 83.6 Å². The average Bonchev–Trinajstić information content (AvgIpc) is 3.86. The normalized spacial score (nSPS) is 15.0. The molecule has 0 spiro atoms. The molecule has 1 aliphatic rings. The monoisotopic (exact) mass is 621 g/mol. The SMILES string of the molecule is COCCOc1ccc(N2CCN(C(=O)C(C)(Cc3ccccc3)n3ncc4c3nc(N)n3nc(-c5ccco5)nc43)CC2)cc1. The minimum absolute atomic E-state index is 0.0409. The van der Waals surface area contributed by atoms with Gasteiger partial charge in [0, 0.05) is 45.4 Å². The quantitative estimate of drug-likeness (QED) is 0.225. The fourth-order valence-electron chi connectivity index (χ4n) is 6.02. The molecule has 5 heterocycles. The molecule has 236 valence electrons. The molecule has 1 amide bonds. The van der Waals surface area contributed by atoms with Crippen LogP contribution < -0.4 is 15.4 Å². The summed E-state index contributed by atoms with van der Waals surface area (Å²) in [5.74, 6) is 1.78. The Morgan fingerprint density at radius 1 is 0.957 bits per heavy atom. The topological polar surface area (TPSA) is 142 Å². The maximum atomic E-state index is 14.6. The van der Waals surface area contributed by atoms with Crippen LogP contribution in [0.4, 0.5) is 11.6 Å². The molecule has 0 aliphatic carbocycles. The average molecular weight is 622 g/mol. The van der Waals surface area contributed by atoms with E-state index in [1.807, 2.05) is 66.4 Å². The van der Waals surface area contributed by atoms with Crippen LogP contribution in [0, 0.1) is 0 Å². The highest BCUT2D eigenvalue weighted by Crippen LogP contribution is 2.31. The smallest absolute Gasteiger partial charge is 0.250 e. The Bertz CT molecular complexity index is 1950. The second-order valence-corrected chi connectivity index (χ2v) is 11.5. The first-order chi connectivity index (χ1) is 22.4. The Labute approximate surface area is 265 Å². The zero-order valence-electron chi connectivity index (χ0n) is 25.7. The number of nitrogen functional groups attached to an aromatic ring is 1. The van der Waals surface area contributed by atoms with Gasteiger partial charge in [-0.1, -0.05) is 30.3 Å². The van der Waals surface area contributed by atoms with Gasteiger partial charge in [0.15, 0.2) is 17.1 Å². The van der Waals surface area contributed by atoms with Crippen LogP contribution in [0.3, 0.4) is 0 Å². The van der Waals surface area contributed by atoms with Gasteiger partial charge in [0.05, 0.1) is 24.5 Å². The molecule has 13 heteroatoms. The molecule has 1 fully saturated rings. The number of amides is 1. The molecule has 0 saturated carbocycles. The number of carbonyl (C=O) groups excluding carboxylic acids is 1. The first kappa shape index (κ1) is 29.3. The van der Waals surface area contributed by atoms with Crippen molar-refractivity contribution in [3.05, 3.63) is 84.8 Å². The number of nitrogens with two attached hydrogens (primary N) is 1. The number of ether oxygens (including phenoxy) is 2. The van der Waals surface area contributed by atoms with Gasteiger partial charge in [-0.25, -0.2) is 9.67 Å². The van der Waals surface area contributed by atoms with Gasteiger partial charge in [0.1, 0.15) is 17.9 Å². The molecule has 1 atom stereocenters. The Hall–Kier alpha value is -5.43. The third-order valence-electron chi connectivity index (χ3n) is 8.42. The maximum Gasteiger partial charge on any atom is 0.250 e. The molecule has 0 radical (unpaired) electrons. The summed E-state index contributed by atoms with van der Waals surface area (Å²) in [5.41, 5.74) is 8.34. The highest BCUT2D eigenvalue weighted by atomic mass is 16.5. The molecule has 7 rings (SSSR count). The van der Waals surface area contributed by atoms with Gasteiger partial charge in [-0.15, -0.1) is 5.10 Å². The first-order valence-corrected chi connectivity index (χ1v) is 15.2. The summed E-state index contributed by atoms with van der Waals surface area (Å²) in [6.07, 6.45) is 3.65. The minimum atomic E-state index is -1.10. The Morgan fingerprint density at radius 2 is 1.74 bits per heavy atom. The molecular formula is C33H35N9O4. The number of nitrogens with zero attached hydrogens (tertiary/aromatic N) is 8. The second-order valence-electron chi connectivity index (χ2n) is 11.5. The number of carbonyl (C=O) groups is 1. The van der Waals surface area contributed by atoms with E-state index in [9.17, 15) is 4.79 Å². The third kappa shape index (κ3) is 5.38. The van der Waals surface area contributed by atoms with Crippen LogP contribution in [0.25, 0.3) is 28.3 Å². The molecule has 1 unspecified atom stereocenters. The Kier molecular flexibility index (Phi) is 7.74. The van der Waals surface area contributed by atoms with Gasteiger partial charge in [0.2, 0.25) is 11.8 Å². The molecule has 1 saturated heterocycles. The van der Waals surface area contributed by atoms with Gasteiger partial charge in [-0.3, -0.25) is 4.79 Å². The first-order valence-electron chi connectivity index (χ1n) is 15.2. The van der Waals surface area contributed by atoms with Crippen molar-refractivity contribution in [3.63, 3.8) is 0 Å². The summed E-state index contributed by atoms with van der Waals surface area (Å²) < 4.78 is 19.4. The summed E-state index contributed by atoms with van der Waals surface area (Å²) in [4.78, 5) is 28.2. The fourth-order valence-corrected chi connectivity index (χ4v) is 6.02. The zero-order valence-corrected chi connectivity index (χ0v) is 25.7. The van der Waals surface area contributed by atoms with Crippen molar-refractivity contribution >= 4 is 34.2 Å². The minimum Gasteiger partial charge on any atom is -0.491 e. The number of furan rings is 1. The second kappa shape index (κ2) is 12.2. The lowest BCUT2D eigenvalue weighted by Crippen LogP contribution is -2.56. The van der Waals surface area contributed by atoms with Crippen molar-refractivity contribution in [3.8, 4) is 17.3 Å². The number of methoxy groups -OCH3 is 1. The number of hydrogen-bond acceptors (Lipinski definition) is 10. The largest absolute Gasteiger partial charge is 0.491 e. The van der Waals surface area contributed by atoms with Gasteiger partial charge in [-0.05, 0) is 48.9 Å². The molecule has 2 aromatic carbocycles. The van der Waals surface area contributed by atoms with Crippen LogP contribution in [0.5, 0.6) is 5.75 Å². The van der Waals surface area contributed by atoms with Crippen LogP contribution in [0.2, 0.25) is 0 Å². The fraction of sp³-hybridized carbons (Fsp3) is 0.303. The van der Waals surface area contributed by atoms with E-state index in [0.717, 1.165) is 17.0 Å². The van der Waals surface area contributed by atoms with Crippen molar-refractivity contribution in [2.24, 2.45) is 0 Å². The lowest BCUT2D eigenvalue weighted by atomic mass is 9.90. The highest BCUT2D eigenvalue weighted by molar-refractivity contribution is 5.93. The molecule has 6 aromatic rings. The number of anilines is 2. The van der Waals surface area contributed by atoms with Crippen LogP contribution in [0.1, 0.15) is 12.5 Å². The standard InChI is InChI=1S/C33H35N9O4/c1-33(21-23-7-4-3-5-8-23,31(43)40-16-14-39(15-17-40)24-10-12-25(13-11-24)45-20-19-44-2)42-30-26(22-35-42)29-36-28(27-9-6-18-46-27)38-41(29)32(34)37-30/h3-13,18,22H,14-17,19-21H2,1-2H3,(H2,34,37). The number of fused-ring (bicyclic) bond motifs is 3. The molecule has 4 aromatic heterocycles. The van der Waals surface area contributed by atoms with Gasteiger partial charge >= 0.3 is 0 Å².